The zero-order valence-corrected chi connectivity index (χ0v) is 17.1. The normalized spacial score (nSPS) is 19.8. The molecule has 2 atom stereocenters. The monoisotopic (exact) mass is 451 g/mol. The van der Waals surface area contributed by atoms with Crippen LogP contribution in [0.3, 0.4) is 0 Å². The molecule has 10 heteroatoms. The summed E-state index contributed by atoms with van der Waals surface area (Å²) in [5.74, 6) is -2.07. The van der Waals surface area contributed by atoms with E-state index < -0.39 is 37.5 Å². The number of amides is 1. The topological polar surface area (TPSA) is 107 Å². The van der Waals surface area contributed by atoms with Gasteiger partial charge in [-0.25, -0.2) is 13.3 Å². The van der Waals surface area contributed by atoms with Crippen molar-refractivity contribution in [3.63, 3.8) is 0 Å². The van der Waals surface area contributed by atoms with Gasteiger partial charge >= 0.3 is 7.82 Å². The molecule has 0 saturated heterocycles. The maximum absolute atomic E-state index is 14.4. The molecule has 1 heterocycles. The van der Waals surface area contributed by atoms with Gasteiger partial charge in [0.25, 0.3) is 5.91 Å². The van der Waals surface area contributed by atoms with Gasteiger partial charge in [0, 0.05) is 12.1 Å². The number of carbonyl (C=O) groups excluding carboxylic acids is 1. The van der Waals surface area contributed by atoms with Gasteiger partial charge in [-0.15, -0.1) is 0 Å². The predicted molar refractivity (Wildman–Crippen MR) is 107 cm³/mol. The molecule has 1 saturated carbocycles. The van der Waals surface area contributed by atoms with Crippen LogP contribution in [0.5, 0.6) is 5.75 Å². The fraction of sp³-hybridized carbons (Fsp3) is 0.286. The largest absolute Gasteiger partial charge is 0.524 e. The van der Waals surface area contributed by atoms with E-state index in [0.29, 0.717) is 11.1 Å². The summed E-state index contributed by atoms with van der Waals surface area (Å²) < 4.78 is 43.9. The van der Waals surface area contributed by atoms with E-state index in [1.165, 1.54) is 23.1 Å². The van der Waals surface area contributed by atoms with Crippen LogP contribution in [0.25, 0.3) is 5.57 Å². The number of halogens is 2. The number of hydrogen-bond acceptors (Lipinski definition) is 4. The van der Waals surface area contributed by atoms with E-state index in [0.717, 1.165) is 31.0 Å². The maximum Gasteiger partial charge on any atom is 0.524 e. The van der Waals surface area contributed by atoms with Crippen molar-refractivity contribution >= 4 is 19.3 Å². The molecular weight excluding hydrogens is 431 g/mol. The highest BCUT2D eigenvalue weighted by molar-refractivity contribution is 7.46. The molecule has 164 valence electrons. The van der Waals surface area contributed by atoms with Crippen molar-refractivity contribution in [2.24, 2.45) is 5.92 Å². The van der Waals surface area contributed by atoms with E-state index >= 15 is 0 Å². The zero-order valence-electron chi connectivity index (χ0n) is 16.2. The second-order valence-electron chi connectivity index (χ2n) is 7.66. The molecule has 0 unspecified atom stereocenters. The fourth-order valence-electron chi connectivity index (χ4n) is 3.70. The number of carbonyl (C=O) groups is 1. The fourth-order valence-corrected chi connectivity index (χ4v) is 4.09. The number of benzene rings is 2. The van der Waals surface area contributed by atoms with Gasteiger partial charge in [-0.05, 0) is 60.2 Å². The molecule has 0 radical (unpaired) electrons. The third-order valence-corrected chi connectivity index (χ3v) is 5.79. The Kier molecular flexibility index (Phi) is 5.70. The third-order valence-electron chi connectivity index (χ3n) is 5.34. The molecule has 2 aliphatic rings. The molecule has 0 aromatic heterocycles. The van der Waals surface area contributed by atoms with Crippen LogP contribution in [-0.2, 0) is 9.36 Å². The molecule has 0 spiro atoms. The van der Waals surface area contributed by atoms with Gasteiger partial charge in [-0.3, -0.25) is 14.6 Å². The highest BCUT2D eigenvalue weighted by Gasteiger charge is 2.41. The van der Waals surface area contributed by atoms with Crippen molar-refractivity contribution in [2.45, 2.75) is 25.0 Å². The van der Waals surface area contributed by atoms with Gasteiger partial charge in [0.2, 0.25) is 0 Å². The van der Waals surface area contributed by atoms with E-state index in [9.17, 15) is 23.2 Å². The summed E-state index contributed by atoms with van der Waals surface area (Å²) in [5.41, 5.74) is 0.803. The minimum atomic E-state index is -4.79. The minimum absolute atomic E-state index is 0.00355. The standard InChI is InChI=1S/C21H20F2NO6P/c22-15-6-7-18(23)17(10-15)14-9-19(24(11-14)21(26)20(25)12-4-5-12)13-2-1-3-16(8-13)30-31(27,28)29/h1-3,6-10,12,19-20,25H,4-5,11H2,(H2,27,28,29)/t19-,20-/m0/s1. The van der Waals surface area contributed by atoms with Crippen molar-refractivity contribution in [1.29, 1.82) is 0 Å². The Bertz CT molecular complexity index is 1100. The number of phosphoric ester groups is 1. The molecule has 1 amide bonds. The Morgan fingerprint density at radius 3 is 2.58 bits per heavy atom. The molecule has 0 bridgehead atoms. The number of phosphoric acid groups is 1. The van der Waals surface area contributed by atoms with E-state index in [-0.39, 0.29) is 23.8 Å². The highest BCUT2D eigenvalue weighted by Crippen LogP contribution is 2.42. The SMILES string of the molecule is O=C([C@@H](O)C1CC1)N1CC(c2cc(F)ccc2F)=C[C@H]1c1cccc(OP(=O)(O)O)c1. The molecular formula is C21H20F2NO6P. The molecule has 31 heavy (non-hydrogen) atoms. The first kappa shape index (κ1) is 21.6. The van der Waals surface area contributed by atoms with Crippen LogP contribution in [0.1, 0.15) is 30.0 Å². The van der Waals surface area contributed by atoms with Gasteiger partial charge in [-0.2, -0.15) is 0 Å². The second kappa shape index (κ2) is 8.16. The number of aliphatic hydroxyl groups excluding tert-OH is 1. The zero-order chi connectivity index (χ0) is 22.3. The van der Waals surface area contributed by atoms with E-state index in [4.69, 9.17) is 9.79 Å². The van der Waals surface area contributed by atoms with Crippen molar-refractivity contribution in [2.75, 3.05) is 6.54 Å². The lowest BCUT2D eigenvalue weighted by atomic mass is 10.0. The lowest BCUT2D eigenvalue weighted by molar-refractivity contribution is -0.141. The van der Waals surface area contributed by atoms with Gasteiger partial charge in [0.05, 0.1) is 6.04 Å². The maximum atomic E-state index is 14.4. The molecule has 1 fully saturated rings. The molecule has 1 aliphatic heterocycles. The van der Waals surface area contributed by atoms with Crippen LogP contribution in [-0.4, -0.2) is 38.3 Å². The average Bonchev–Trinajstić information content (AvgIpc) is 3.46. The molecule has 3 N–H and O–H groups in total. The van der Waals surface area contributed by atoms with Crippen molar-refractivity contribution in [3.8, 4) is 5.75 Å². The van der Waals surface area contributed by atoms with Crippen molar-refractivity contribution in [3.05, 3.63) is 71.3 Å². The number of nitrogens with zero attached hydrogens (tertiary/aromatic N) is 1. The van der Waals surface area contributed by atoms with Crippen LogP contribution < -0.4 is 4.52 Å². The van der Waals surface area contributed by atoms with Gasteiger partial charge in [-0.1, -0.05) is 18.2 Å². The Labute approximate surface area is 176 Å². The van der Waals surface area contributed by atoms with Crippen LogP contribution in [0.15, 0.2) is 48.5 Å². The van der Waals surface area contributed by atoms with Gasteiger partial charge < -0.3 is 14.5 Å². The first-order chi connectivity index (χ1) is 14.6. The molecule has 2 aromatic carbocycles. The number of hydrogen-bond donors (Lipinski definition) is 3. The molecule has 2 aromatic rings. The summed E-state index contributed by atoms with van der Waals surface area (Å²) in [6.45, 7) is -0.0583. The third kappa shape index (κ3) is 4.85. The highest BCUT2D eigenvalue weighted by atomic mass is 31.2. The summed E-state index contributed by atoms with van der Waals surface area (Å²) in [5, 5.41) is 10.4. The summed E-state index contributed by atoms with van der Waals surface area (Å²) in [6, 6.07) is 8.08. The lowest BCUT2D eigenvalue weighted by Gasteiger charge is -2.27. The Morgan fingerprint density at radius 1 is 1.16 bits per heavy atom. The summed E-state index contributed by atoms with van der Waals surface area (Å²) in [7, 11) is -4.79. The van der Waals surface area contributed by atoms with Crippen LogP contribution in [0, 0.1) is 17.6 Å². The average molecular weight is 451 g/mol. The summed E-state index contributed by atoms with van der Waals surface area (Å²) in [6.07, 6.45) is 1.83. The first-order valence-electron chi connectivity index (χ1n) is 9.62. The lowest BCUT2D eigenvalue weighted by Crippen LogP contribution is -2.40. The number of rotatable bonds is 6. The Balaban J connectivity index is 1.72. The van der Waals surface area contributed by atoms with E-state index in [1.807, 2.05) is 0 Å². The van der Waals surface area contributed by atoms with Crippen LogP contribution in [0.2, 0.25) is 0 Å². The summed E-state index contributed by atoms with van der Waals surface area (Å²) >= 11 is 0. The van der Waals surface area contributed by atoms with E-state index in [2.05, 4.69) is 4.52 Å². The van der Waals surface area contributed by atoms with E-state index in [1.54, 1.807) is 12.1 Å². The predicted octanol–water partition coefficient (Wildman–Crippen LogP) is 3.17. The van der Waals surface area contributed by atoms with Crippen LogP contribution >= 0.6 is 7.82 Å². The van der Waals surface area contributed by atoms with Gasteiger partial charge in [0.1, 0.15) is 23.5 Å². The molecule has 7 nitrogen and oxygen atoms in total. The smallest absolute Gasteiger partial charge is 0.404 e. The quantitative estimate of drug-likeness (QED) is 0.583. The molecule has 4 rings (SSSR count). The first-order valence-corrected chi connectivity index (χ1v) is 11.2. The van der Waals surface area contributed by atoms with Crippen molar-refractivity contribution in [1.82, 2.24) is 4.90 Å². The number of aliphatic hydroxyl groups is 1. The Hall–Kier alpha value is -2.58. The second-order valence-corrected chi connectivity index (χ2v) is 8.83. The van der Waals surface area contributed by atoms with Gasteiger partial charge in [0.15, 0.2) is 0 Å². The van der Waals surface area contributed by atoms with Crippen LogP contribution in [0.4, 0.5) is 8.78 Å². The minimum Gasteiger partial charge on any atom is -0.404 e. The van der Waals surface area contributed by atoms with Crippen molar-refractivity contribution < 1.29 is 37.6 Å². The summed E-state index contributed by atoms with van der Waals surface area (Å²) in [4.78, 5) is 32.4. The Morgan fingerprint density at radius 2 is 1.90 bits per heavy atom. The molecule has 1 aliphatic carbocycles.